The Morgan fingerprint density at radius 2 is 1.65 bits per heavy atom. The average molecular weight is 442 g/mol. The third-order valence-electron chi connectivity index (χ3n) is 5.46. The highest BCUT2D eigenvalue weighted by Gasteiger charge is 2.42. The van der Waals surface area contributed by atoms with Crippen molar-refractivity contribution in [2.45, 2.75) is 48.4 Å². The Balaban J connectivity index is 1.51. The van der Waals surface area contributed by atoms with Gasteiger partial charge in [-0.3, -0.25) is 4.90 Å². The first-order valence-electron chi connectivity index (χ1n) is 10.2. The van der Waals surface area contributed by atoms with Gasteiger partial charge in [-0.25, -0.2) is 4.99 Å². The van der Waals surface area contributed by atoms with E-state index in [0.29, 0.717) is 29.3 Å². The minimum atomic E-state index is -0.437. The minimum absolute atomic E-state index is 0.261. The summed E-state index contributed by atoms with van der Waals surface area (Å²) in [6.07, 6.45) is 5.22. The predicted octanol–water partition coefficient (Wildman–Crippen LogP) is 2.90. The number of aliphatic imine (C=N–C) groups is 2. The van der Waals surface area contributed by atoms with E-state index in [0.717, 1.165) is 36.3 Å². The molecular formula is C21H27N7O2S. The van der Waals surface area contributed by atoms with Crippen LogP contribution in [0, 0.1) is 0 Å². The van der Waals surface area contributed by atoms with Crippen LogP contribution in [-0.2, 0) is 5.75 Å². The summed E-state index contributed by atoms with van der Waals surface area (Å²) >= 11 is 1.63. The Hall–Kier alpha value is -3.01. The highest BCUT2D eigenvalue weighted by atomic mass is 32.2. The molecule has 10 heteroatoms. The highest BCUT2D eigenvalue weighted by molar-refractivity contribution is 7.98. The first-order chi connectivity index (χ1) is 15.0. The van der Waals surface area contributed by atoms with Crippen LogP contribution in [0.1, 0.15) is 37.9 Å². The minimum Gasteiger partial charge on any atom is -0.481 e. The second-order valence-electron chi connectivity index (χ2n) is 7.47. The molecule has 0 saturated heterocycles. The average Bonchev–Trinajstić information content (AvgIpc) is 2.78. The SMILES string of the molecule is COc1cc(OC)nc(CSc2ccc(N3C(N)=NC(N)=NC34CCCCC4)cc2)n1. The second kappa shape index (κ2) is 9.01. The maximum atomic E-state index is 6.30. The van der Waals surface area contributed by atoms with Gasteiger partial charge in [0.1, 0.15) is 11.5 Å². The van der Waals surface area contributed by atoms with Crippen LogP contribution in [0.4, 0.5) is 5.69 Å². The van der Waals surface area contributed by atoms with E-state index in [-0.39, 0.29) is 5.96 Å². The number of rotatable bonds is 6. The van der Waals surface area contributed by atoms with Gasteiger partial charge in [-0.05, 0) is 49.9 Å². The zero-order valence-electron chi connectivity index (χ0n) is 17.7. The normalized spacial score (nSPS) is 17.8. The van der Waals surface area contributed by atoms with Crippen LogP contribution in [0.5, 0.6) is 11.8 Å². The largest absolute Gasteiger partial charge is 0.481 e. The third-order valence-corrected chi connectivity index (χ3v) is 6.47. The summed E-state index contributed by atoms with van der Waals surface area (Å²) in [6, 6.07) is 9.87. The Kier molecular flexibility index (Phi) is 6.17. The molecular weight excluding hydrogens is 414 g/mol. The molecule has 2 heterocycles. The van der Waals surface area contributed by atoms with Gasteiger partial charge in [0.05, 0.1) is 26.0 Å². The third kappa shape index (κ3) is 4.53. The molecule has 4 N–H and O–H groups in total. The van der Waals surface area contributed by atoms with Gasteiger partial charge in [-0.2, -0.15) is 15.0 Å². The molecule has 1 aromatic carbocycles. The lowest BCUT2D eigenvalue weighted by molar-refractivity contribution is 0.305. The van der Waals surface area contributed by atoms with Crippen LogP contribution in [0.3, 0.4) is 0 Å². The summed E-state index contributed by atoms with van der Waals surface area (Å²) in [5, 5.41) is 0. The molecule has 4 rings (SSSR count). The van der Waals surface area contributed by atoms with Gasteiger partial charge in [0.15, 0.2) is 0 Å². The van der Waals surface area contributed by atoms with Gasteiger partial charge in [0.2, 0.25) is 23.7 Å². The molecule has 31 heavy (non-hydrogen) atoms. The summed E-state index contributed by atoms with van der Waals surface area (Å²) in [4.78, 5) is 20.8. The molecule has 2 aromatic rings. The van der Waals surface area contributed by atoms with Crippen molar-refractivity contribution in [2.24, 2.45) is 21.5 Å². The molecule has 0 bridgehead atoms. The number of methoxy groups -OCH3 is 2. The Bertz CT molecular complexity index is 965. The van der Waals surface area contributed by atoms with Crippen LogP contribution < -0.4 is 25.8 Å². The van der Waals surface area contributed by atoms with E-state index >= 15 is 0 Å². The van der Waals surface area contributed by atoms with Gasteiger partial charge in [0.25, 0.3) is 0 Å². The maximum Gasteiger partial charge on any atom is 0.220 e. The van der Waals surface area contributed by atoms with Crippen LogP contribution in [0.25, 0.3) is 0 Å². The van der Waals surface area contributed by atoms with Crippen LogP contribution in [-0.4, -0.2) is 41.8 Å². The zero-order valence-corrected chi connectivity index (χ0v) is 18.6. The van der Waals surface area contributed by atoms with E-state index in [1.807, 2.05) is 17.0 Å². The molecule has 1 spiro atoms. The molecule has 9 nitrogen and oxygen atoms in total. The number of guanidine groups is 2. The van der Waals surface area contributed by atoms with Crippen molar-refractivity contribution in [1.29, 1.82) is 0 Å². The standard InChI is InChI=1S/C21H27N7O2S/c1-29-17-12-18(30-2)25-16(24-17)13-31-15-8-6-14(7-9-15)28-20(23)26-19(22)27-21(28)10-4-3-5-11-21/h6-9,12H,3-5,10-11,13H2,1-2H3,(H4,22,23,26,27). The van der Waals surface area contributed by atoms with E-state index < -0.39 is 5.66 Å². The quantitative estimate of drug-likeness (QED) is 0.656. The molecule has 164 valence electrons. The number of benzene rings is 1. The van der Waals surface area contributed by atoms with Crippen molar-refractivity contribution >= 4 is 29.4 Å². The number of thioether (sulfide) groups is 1. The number of nitrogens with two attached hydrogens (primary N) is 2. The van der Waals surface area contributed by atoms with Gasteiger partial charge in [-0.15, -0.1) is 11.8 Å². The number of hydrogen-bond acceptors (Lipinski definition) is 10. The van der Waals surface area contributed by atoms with E-state index in [1.165, 1.54) is 6.42 Å². The van der Waals surface area contributed by atoms with Gasteiger partial charge < -0.3 is 20.9 Å². The van der Waals surface area contributed by atoms with Gasteiger partial charge >= 0.3 is 0 Å². The summed E-state index contributed by atoms with van der Waals surface area (Å²) < 4.78 is 10.4. The summed E-state index contributed by atoms with van der Waals surface area (Å²) in [5.41, 5.74) is 12.8. The van der Waals surface area contributed by atoms with Gasteiger partial charge in [0, 0.05) is 10.6 Å². The molecule has 0 radical (unpaired) electrons. The number of hydrogen-bond donors (Lipinski definition) is 2. The van der Waals surface area contributed by atoms with Crippen LogP contribution >= 0.6 is 11.8 Å². The fraction of sp³-hybridized carbons (Fsp3) is 0.429. The van der Waals surface area contributed by atoms with E-state index in [2.05, 4.69) is 27.1 Å². The lowest BCUT2D eigenvalue weighted by Crippen LogP contribution is -2.58. The van der Waals surface area contributed by atoms with E-state index in [4.69, 9.17) is 25.9 Å². The smallest absolute Gasteiger partial charge is 0.220 e. The molecule has 1 saturated carbocycles. The fourth-order valence-electron chi connectivity index (χ4n) is 4.06. The number of anilines is 1. The topological polar surface area (TPSA) is 124 Å². The summed E-state index contributed by atoms with van der Waals surface area (Å²) in [7, 11) is 3.15. The van der Waals surface area contributed by atoms with E-state index in [9.17, 15) is 0 Å². The molecule has 1 aliphatic heterocycles. The Morgan fingerprint density at radius 3 is 2.26 bits per heavy atom. The van der Waals surface area contributed by atoms with Crippen molar-refractivity contribution in [3.8, 4) is 11.8 Å². The van der Waals surface area contributed by atoms with Crippen LogP contribution in [0.2, 0.25) is 0 Å². The number of ether oxygens (including phenoxy) is 2. The molecule has 1 fully saturated rings. The highest BCUT2D eigenvalue weighted by Crippen LogP contribution is 2.40. The van der Waals surface area contributed by atoms with E-state index in [1.54, 1.807) is 32.0 Å². The monoisotopic (exact) mass is 441 g/mol. The second-order valence-corrected chi connectivity index (χ2v) is 8.52. The first kappa shape index (κ1) is 21.2. The molecule has 1 aliphatic carbocycles. The fourth-order valence-corrected chi connectivity index (χ4v) is 4.81. The maximum absolute atomic E-state index is 6.30. The van der Waals surface area contributed by atoms with Crippen molar-refractivity contribution in [3.05, 3.63) is 36.2 Å². The summed E-state index contributed by atoms with van der Waals surface area (Å²) in [6.45, 7) is 0. The van der Waals surface area contributed by atoms with Gasteiger partial charge in [-0.1, -0.05) is 6.42 Å². The number of aromatic nitrogens is 2. The molecule has 0 atom stereocenters. The molecule has 1 aromatic heterocycles. The van der Waals surface area contributed by atoms with Crippen LogP contribution in [0.15, 0.2) is 45.2 Å². The number of nitrogens with zero attached hydrogens (tertiary/aromatic N) is 5. The molecule has 0 unspecified atom stereocenters. The summed E-state index contributed by atoms with van der Waals surface area (Å²) in [5.74, 6) is 2.85. The first-order valence-corrected chi connectivity index (χ1v) is 11.2. The molecule has 2 aliphatic rings. The van der Waals surface area contributed by atoms with Crippen molar-refractivity contribution in [2.75, 3.05) is 19.1 Å². The predicted molar refractivity (Wildman–Crippen MR) is 123 cm³/mol. The van der Waals surface area contributed by atoms with Crippen molar-refractivity contribution < 1.29 is 9.47 Å². The molecule has 0 amide bonds. The van der Waals surface area contributed by atoms with Crippen molar-refractivity contribution in [1.82, 2.24) is 9.97 Å². The zero-order chi connectivity index (χ0) is 21.8. The Morgan fingerprint density at radius 1 is 1.00 bits per heavy atom. The Labute approximate surface area is 186 Å². The lowest BCUT2D eigenvalue weighted by atomic mass is 9.87. The van der Waals surface area contributed by atoms with Crippen molar-refractivity contribution in [3.63, 3.8) is 0 Å². The lowest BCUT2D eigenvalue weighted by Gasteiger charge is -2.45.